The lowest BCUT2D eigenvalue weighted by Crippen LogP contribution is -2.26. The predicted molar refractivity (Wildman–Crippen MR) is 115 cm³/mol. The maximum Gasteiger partial charge on any atom is 0.269 e. The summed E-state index contributed by atoms with van der Waals surface area (Å²) in [5.74, 6) is 0.496. The van der Waals surface area contributed by atoms with E-state index in [1.54, 1.807) is 13.2 Å². The van der Waals surface area contributed by atoms with E-state index in [0.29, 0.717) is 30.1 Å². The highest BCUT2D eigenvalue weighted by atomic mass is 32.1. The van der Waals surface area contributed by atoms with E-state index < -0.39 is 0 Å². The number of H-pyrrole nitrogens is 1. The summed E-state index contributed by atoms with van der Waals surface area (Å²) in [7, 11) is 1.61. The molecule has 0 saturated heterocycles. The van der Waals surface area contributed by atoms with Crippen LogP contribution in [0.2, 0.25) is 0 Å². The molecule has 0 aliphatic rings. The minimum Gasteiger partial charge on any atom is -0.496 e. The Morgan fingerprint density at radius 1 is 1.27 bits per heavy atom. The third-order valence-corrected chi connectivity index (χ3v) is 5.47. The molecule has 9 heteroatoms. The van der Waals surface area contributed by atoms with Crippen LogP contribution in [0.25, 0.3) is 16.4 Å². The van der Waals surface area contributed by atoms with E-state index in [4.69, 9.17) is 4.74 Å². The number of aryl methyl sites for hydroxylation is 2. The lowest BCUT2D eigenvalue weighted by Gasteiger charge is -2.04. The van der Waals surface area contributed by atoms with Gasteiger partial charge in [-0.25, -0.2) is 9.67 Å². The van der Waals surface area contributed by atoms with Gasteiger partial charge in [0.05, 0.1) is 24.2 Å². The topological polar surface area (TPSA) is 97.7 Å². The monoisotopic (exact) mass is 422 g/mol. The van der Waals surface area contributed by atoms with Gasteiger partial charge in [-0.15, -0.1) is 11.3 Å². The molecule has 0 aliphatic heterocycles. The van der Waals surface area contributed by atoms with Crippen LogP contribution in [0.15, 0.2) is 41.8 Å². The van der Waals surface area contributed by atoms with E-state index in [2.05, 4.69) is 25.6 Å². The number of carbonyl (C=O) groups is 1. The molecule has 0 bridgehead atoms. The highest BCUT2D eigenvalue weighted by Crippen LogP contribution is 2.28. The van der Waals surface area contributed by atoms with Crippen molar-refractivity contribution < 1.29 is 9.53 Å². The molecule has 2 N–H and O–H groups in total. The predicted octanol–water partition coefficient (Wildman–Crippen LogP) is 3.32. The lowest BCUT2D eigenvalue weighted by molar-refractivity contribution is 0.0949. The number of hydrogen-bond acceptors (Lipinski definition) is 6. The number of benzene rings is 1. The third-order valence-electron chi connectivity index (χ3n) is 4.60. The largest absolute Gasteiger partial charge is 0.496 e. The fourth-order valence-electron chi connectivity index (χ4n) is 3.16. The summed E-state index contributed by atoms with van der Waals surface area (Å²) in [5, 5.41) is 17.2. The summed E-state index contributed by atoms with van der Waals surface area (Å²) in [6, 6.07) is 11.3. The smallest absolute Gasteiger partial charge is 0.269 e. The Balaban J connectivity index is 1.36. The van der Waals surface area contributed by atoms with Gasteiger partial charge in [-0.05, 0) is 38.1 Å². The number of para-hydroxylation sites is 1. The van der Waals surface area contributed by atoms with Crippen LogP contribution in [0.4, 0.5) is 0 Å². The highest BCUT2D eigenvalue weighted by molar-refractivity contribution is 7.12. The van der Waals surface area contributed by atoms with Crippen molar-refractivity contribution in [1.29, 1.82) is 0 Å². The van der Waals surface area contributed by atoms with Crippen LogP contribution < -0.4 is 10.1 Å². The van der Waals surface area contributed by atoms with E-state index in [9.17, 15) is 4.79 Å². The molecular weight excluding hydrogens is 400 g/mol. The first-order valence-electron chi connectivity index (χ1n) is 9.50. The molecule has 0 unspecified atom stereocenters. The molecule has 0 aliphatic carbocycles. The van der Waals surface area contributed by atoms with E-state index in [1.807, 2.05) is 54.2 Å². The SMILES string of the molecule is COc1ccccc1-c1cc(C(=O)NCCc2csc(-n3nc(C)cc3C)n2)[nH]n1. The second-order valence-corrected chi connectivity index (χ2v) is 7.67. The number of thiazole rings is 1. The quantitative estimate of drug-likeness (QED) is 0.476. The first-order chi connectivity index (χ1) is 14.5. The van der Waals surface area contributed by atoms with Gasteiger partial charge in [0.2, 0.25) is 5.13 Å². The fraction of sp³-hybridized carbons (Fsp3) is 0.238. The zero-order valence-corrected chi connectivity index (χ0v) is 17.8. The number of carbonyl (C=O) groups excluding carboxylic acids is 1. The van der Waals surface area contributed by atoms with Crippen LogP contribution in [0.3, 0.4) is 0 Å². The average molecular weight is 423 g/mol. The third kappa shape index (κ3) is 4.11. The first-order valence-corrected chi connectivity index (χ1v) is 10.4. The summed E-state index contributed by atoms with van der Waals surface area (Å²) in [4.78, 5) is 17.1. The fourth-order valence-corrected chi connectivity index (χ4v) is 4.03. The number of hydrogen-bond donors (Lipinski definition) is 2. The van der Waals surface area contributed by atoms with Crippen molar-refractivity contribution >= 4 is 17.2 Å². The van der Waals surface area contributed by atoms with Crippen molar-refractivity contribution in [3.8, 4) is 22.1 Å². The van der Waals surface area contributed by atoms with Crippen LogP contribution in [0, 0.1) is 13.8 Å². The van der Waals surface area contributed by atoms with Gasteiger partial charge in [-0.3, -0.25) is 9.89 Å². The molecule has 154 valence electrons. The number of aromatic amines is 1. The summed E-state index contributed by atoms with van der Waals surface area (Å²) in [5.41, 5.74) is 4.82. The second-order valence-electron chi connectivity index (χ2n) is 6.83. The van der Waals surface area contributed by atoms with Gasteiger partial charge in [0, 0.05) is 29.6 Å². The van der Waals surface area contributed by atoms with Crippen molar-refractivity contribution in [2.75, 3.05) is 13.7 Å². The molecule has 8 nitrogen and oxygen atoms in total. The summed E-state index contributed by atoms with van der Waals surface area (Å²) >= 11 is 1.54. The molecular formula is C21H22N6O2S. The zero-order valence-electron chi connectivity index (χ0n) is 17.0. The number of ether oxygens (including phenoxy) is 1. The van der Waals surface area contributed by atoms with Gasteiger partial charge in [0.15, 0.2) is 0 Å². The van der Waals surface area contributed by atoms with Crippen molar-refractivity contribution in [3.05, 3.63) is 64.6 Å². The second kappa shape index (κ2) is 8.50. The Hall–Kier alpha value is -3.46. The van der Waals surface area contributed by atoms with Crippen molar-refractivity contribution in [2.45, 2.75) is 20.3 Å². The molecule has 4 aromatic rings. The number of aromatic nitrogens is 5. The van der Waals surface area contributed by atoms with Crippen LogP contribution in [0.5, 0.6) is 5.75 Å². The number of methoxy groups -OCH3 is 1. The lowest BCUT2D eigenvalue weighted by atomic mass is 10.1. The molecule has 3 heterocycles. The van der Waals surface area contributed by atoms with Gasteiger partial charge in [0.25, 0.3) is 5.91 Å². The molecule has 3 aromatic heterocycles. The van der Waals surface area contributed by atoms with Gasteiger partial charge in [-0.2, -0.15) is 10.2 Å². The van der Waals surface area contributed by atoms with Crippen LogP contribution >= 0.6 is 11.3 Å². The van der Waals surface area contributed by atoms with Crippen molar-refractivity contribution in [1.82, 2.24) is 30.3 Å². The van der Waals surface area contributed by atoms with Crippen molar-refractivity contribution in [3.63, 3.8) is 0 Å². The van der Waals surface area contributed by atoms with Crippen LogP contribution in [-0.2, 0) is 6.42 Å². The molecule has 4 rings (SSSR count). The Kier molecular flexibility index (Phi) is 5.62. The van der Waals surface area contributed by atoms with Gasteiger partial charge in [0.1, 0.15) is 11.4 Å². The van der Waals surface area contributed by atoms with E-state index >= 15 is 0 Å². The summed E-state index contributed by atoms with van der Waals surface area (Å²) in [6.45, 7) is 4.44. The maximum absolute atomic E-state index is 12.5. The maximum atomic E-state index is 12.5. The highest BCUT2D eigenvalue weighted by Gasteiger charge is 2.14. The summed E-state index contributed by atoms with van der Waals surface area (Å²) in [6.07, 6.45) is 0.634. The average Bonchev–Trinajstić information content (AvgIpc) is 3.48. The van der Waals surface area contributed by atoms with Crippen molar-refractivity contribution in [2.24, 2.45) is 0 Å². The van der Waals surface area contributed by atoms with Crippen LogP contribution in [-0.4, -0.2) is 44.5 Å². The molecule has 1 aromatic carbocycles. The normalized spacial score (nSPS) is 10.9. The number of nitrogens with one attached hydrogen (secondary N) is 2. The summed E-state index contributed by atoms with van der Waals surface area (Å²) < 4.78 is 7.20. The molecule has 30 heavy (non-hydrogen) atoms. The number of amides is 1. The van der Waals surface area contributed by atoms with E-state index in [0.717, 1.165) is 27.8 Å². The Morgan fingerprint density at radius 2 is 2.10 bits per heavy atom. The van der Waals surface area contributed by atoms with E-state index in [-0.39, 0.29) is 5.91 Å². The first kappa shape index (κ1) is 19.8. The minimum atomic E-state index is -0.211. The van der Waals surface area contributed by atoms with Gasteiger partial charge >= 0.3 is 0 Å². The molecule has 0 fully saturated rings. The van der Waals surface area contributed by atoms with Gasteiger partial charge in [-0.1, -0.05) is 12.1 Å². The zero-order chi connectivity index (χ0) is 21.1. The molecule has 0 radical (unpaired) electrons. The van der Waals surface area contributed by atoms with E-state index in [1.165, 1.54) is 11.3 Å². The number of rotatable bonds is 7. The molecule has 0 spiro atoms. The minimum absolute atomic E-state index is 0.211. The van der Waals surface area contributed by atoms with Crippen LogP contribution in [0.1, 0.15) is 27.6 Å². The standard InChI is InChI=1S/C21H22N6O2S/c1-13-10-14(2)27(26-13)21-23-15(12-30-21)8-9-22-20(28)18-11-17(24-25-18)16-6-4-5-7-19(16)29-3/h4-7,10-12H,8-9H2,1-3H3,(H,22,28)(H,24,25). The van der Waals surface area contributed by atoms with Gasteiger partial charge < -0.3 is 10.1 Å². The Morgan fingerprint density at radius 3 is 2.87 bits per heavy atom. The molecule has 0 atom stereocenters. The molecule has 1 amide bonds. The number of nitrogens with zero attached hydrogens (tertiary/aromatic N) is 4. The molecule has 0 saturated carbocycles. The Bertz CT molecular complexity index is 1180. The Labute approximate surface area is 177 Å².